The van der Waals surface area contributed by atoms with Crippen LogP contribution in [-0.2, 0) is 20.9 Å². The van der Waals surface area contributed by atoms with Gasteiger partial charge in [0.15, 0.2) is 0 Å². The lowest BCUT2D eigenvalue weighted by molar-refractivity contribution is -0.137. The number of hydrogen-bond donors (Lipinski definition) is 0. The van der Waals surface area contributed by atoms with Crippen molar-refractivity contribution >= 4 is 26.0 Å². The molecule has 9 heteroatoms. The third-order valence-electron chi connectivity index (χ3n) is 4.96. The monoisotopic (exact) mass is 471 g/mol. The molecule has 0 unspecified atom stereocenters. The molecule has 0 spiro atoms. The van der Waals surface area contributed by atoms with E-state index >= 15 is 0 Å². The topological polar surface area (TPSA) is 46.6 Å². The molecule has 1 aromatic rings. The number of halogens is 4. The Hall–Kier alpha value is -0.640. The summed E-state index contributed by atoms with van der Waals surface area (Å²) in [7, 11) is -2.31. The smallest absolute Gasteiger partial charge is 0.381 e. The van der Waals surface area contributed by atoms with Crippen LogP contribution in [0.25, 0.3) is 0 Å². The molecule has 0 amide bonds. The Morgan fingerprint density at radius 3 is 2.26 bits per heavy atom. The van der Waals surface area contributed by atoms with Crippen LogP contribution in [0, 0.1) is 5.92 Å². The summed E-state index contributed by atoms with van der Waals surface area (Å²) >= 11 is 3.35. The minimum atomic E-state index is -4.48. The standard InChI is InChI=1S/C18H25BrF3NO3S/c1-23(16-7-3-14(4-8-16)13-26-12-2-11-19)27(24,25)17-9-5-15(6-10-17)18(20,21)22/h5-6,9-10,14,16H,2-4,7-8,11-13H2,1H3. The van der Waals surface area contributed by atoms with Crippen LogP contribution in [0.5, 0.6) is 0 Å². The Bertz CT molecular complexity index is 687. The number of hydrogen-bond acceptors (Lipinski definition) is 3. The van der Waals surface area contributed by atoms with Gasteiger partial charge in [0.05, 0.1) is 10.5 Å². The van der Waals surface area contributed by atoms with Crippen molar-refractivity contribution in [3.63, 3.8) is 0 Å². The molecule has 0 heterocycles. The molecule has 0 radical (unpaired) electrons. The molecule has 154 valence electrons. The number of ether oxygens (including phenoxy) is 1. The molecule has 0 bridgehead atoms. The van der Waals surface area contributed by atoms with Crippen molar-refractivity contribution in [3.8, 4) is 0 Å². The highest BCUT2D eigenvalue weighted by molar-refractivity contribution is 9.09. The van der Waals surface area contributed by atoms with Gasteiger partial charge in [-0.25, -0.2) is 8.42 Å². The van der Waals surface area contributed by atoms with E-state index in [1.807, 2.05) is 0 Å². The highest BCUT2D eigenvalue weighted by Gasteiger charge is 2.33. The van der Waals surface area contributed by atoms with Gasteiger partial charge < -0.3 is 4.74 Å². The Labute approximate surface area is 167 Å². The second-order valence-corrected chi connectivity index (χ2v) is 9.63. The summed E-state index contributed by atoms with van der Waals surface area (Å²) in [6, 6.07) is 3.52. The van der Waals surface area contributed by atoms with Crippen LogP contribution in [0.1, 0.15) is 37.7 Å². The highest BCUT2D eigenvalue weighted by Crippen LogP contribution is 2.32. The van der Waals surface area contributed by atoms with Crippen LogP contribution >= 0.6 is 15.9 Å². The Morgan fingerprint density at radius 1 is 1.15 bits per heavy atom. The van der Waals surface area contributed by atoms with Gasteiger partial charge in [-0.2, -0.15) is 17.5 Å². The summed E-state index contributed by atoms with van der Waals surface area (Å²) < 4.78 is 70.4. The highest BCUT2D eigenvalue weighted by atomic mass is 79.9. The fourth-order valence-electron chi connectivity index (χ4n) is 3.26. The van der Waals surface area contributed by atoms with Gasteiger partial charge >= 0.3 is 6.18 Å². The molecule has 0 saturated heterocycles. The second kappa shape index (κ2) is 9.71. The summed E-state index contributed by atoms with van der Waals surface area (Å²) in [5, 5.41) is 0.909. The van der Waals surface area contributed by atoms with Crippen LogP contribution in [0.3, 0.4) is 0 Å². The fourth-order valence-corrected chi connectivity index (χ4v) is 4.90. The molecule has 1 saturated carbocycles. The lowest BCUT2D eigenvalue weighted by Crippen LogP contribution is -2.39. The van der Waals surface area contributed by atoms with Crippen LogP contribution in [0.2, 0.25) is 0 Å². The van der Waals surface area contributed by atoms with Crippen LogP contribution in [0.4, 0.5) is 13.2 Å². The Balaban J connectivity index is 1.94. The Morgan fingerprint density at radius 2 is 1.74 bits per heavy atom. The number of benzene rings is 1. The van der Waals surface area contributed by atoms with Gasteiger partial charge in [0.1, 0.15) is 0 Å². The van der Waals surface area contributed by atoms with E-state index in [-0.39, 0.29) is 10.9 Å². The van der Waals surface area contributed by atoms with E-state index in [4.69, 9.17) is 4.74 Å². The minimum Gasteiger partial charge on any atom is -0.381 e. The SMILES string of the molecule is CN(C1CCC(COCCCBr)CC1)S(=O)(=O)c1ccc(C(F)(F)F)cc1. The van der Waals surface area contributed by atoms with Crippen molar-refractivity contribution in [1.29, 1.82) is 0 Å². The minimum absolute atomic E-state index is 0.113. The average Bonchev–Trinajstić information content (AvgIpc) is 2.64. The number of rotatable bonds is 8. The van der Waals surface area contributed by atoms with E-state index in [0.717, 1.165) is 61.7 Å². The van der Waals surface area contributed by atoms with E-state index in [2.05, 4.69) is 15.9 Å². The maximum atomic E-state index is 12.7. The summed E-state index contributed by atoms with van der Waals surface area (Å²) in [5.41, 5.74) is -0.857. The summed E-state index contributed by atoms with van der Waals surface area (Å²) in [5.74, 6) is 0.429. The van der Waals surface area contributed by atoms with Crippen molar-refractivity contribution in [1.82, 2.24) is 4.31 Å². The van der Waals surface area contributed by atoms with Gasteiger partial charge in [-0.05, 0) is 62.3 Å². The predicted octanol–water partition coefficient (Wildman–Crippen LogP) is 4.69. The van der Waals surface area contributed by atoms with E-state index in [0.29, 0.717) is 19.1 Å². The largest absolute Gasteiger partial charge is 0.416 e. The van der Waals surface area contributed by atoms with E-state index in [1.165, 1.54) is 11.4 Å². The zero-order valence-corrected chi connectivity index (χ0v) is 17.6. The third-order valence-corrected chi connectivity index (χ3v) is 7.45. The van der Waals surface area contributed by atoms with E-state index in [9.17, 15) is 21.6 Å². The van der Waals surface area contributed by atoms with Crippen LogP contribution < -0.4 is 0 Å². The maximum Gasteiger partial charge on any atom is 0.416 e. The van der Waals surface area contributed by atoms with Gasteiger partial charge in [0, 0.05) is 31.6 Å². The molecule has 2 rings (SSSR count). The molecule has 0 atom stereocenters. The zero-order chi connectivity index (χ0) is 20.1. The van der Waals surface area contributed by atoms with Gasteiger partial charge in [-0.15, -0.1) is 0 Å². The van der Waals surface area contributed by atoms with Crippen LogP contribution in [-0.4, -0.2) is 44.4 Å². The molecular formula is C18H25BrF3NO3S. The lowest BCUT2D eigenvalue weighted by atomic mass is 9.86. The van der Waals surface area contributed by atoms with E-state index < -0.39 is 21.8 Å². The quantitative estimate of drug-likeness (QED) is 0.408. The Kier molecular flexibility index (Phi) is 8.15. The molecular weight excluding hydrogens is 447 g/mol. The molecule has 0 aromatic heterocycles. The molecule has 1 aliphatic rings. The van der Waals surface area contributed by atoms with Crippen molar-refractivity contribution in [2.24, 2.45) is 5.92 Å². The summed E-state index contributed by atoms with van der Waals surface area (Å²) in [6.07, 6.45) is -0.310. The van der Waals surface area contributed by atoms with Crippen molar-refractivity contribution in [2.75, 3.05) is 25.6 Å². The molecule has 1 aliphatic carbocycles. The molecule has 27 heavy (non-hydrogen) atoms. The number of nitrogens with zero attached hydrogens (tertiary/aromatic N) is 1. The van der Waals surface area contributed by atoms with Gasteiger partial charge in [0.25, 0.3) is 0 Å². The maximum absolute atomic E-state index is 12.7. The van der Waals surface area contributed by atoms with Gasteiger partial charge in [-0.3, -0.25) is 0 Å². The van der Waals surface area contributed by atoms with Crippen molar-refractivity contribution < 1.29 is 26.3 Å². The van der Waals surface area contributed by atoms with Gasteiger partial charge in [0.2, 0.25) is 10.0 Å². The zero-order valence-electron chi connectivity index (χ0n) is 15.2. The first kappa shape index (κ1) is 22.6. The normalized spacial score (nSPS) is 21.6. The summed E-state index contributed by atoms with van der Waals surface area (Å²) in [6.45, 7) is 1.41. The summed E-state index contributed by atoms with van der Waals surface area (Å²) in [4.78, 5) is -0.113. The molecule has 1 fully saturated rings. The van der Waals surface area contributed by atoms with Crippen LogP contribution in [0.15, 0.2) is 29.2 Å². The van der Waals surface area contributed by atoms with Crippen molar-refractivity contribution in [3.05, 3.63) is 29.8 Å². The third kappa shape index (κ3) is 6.17. The second-order valence-electron chi connectivity index (χ2n) is 6.84. The molecule has 0 aliphatic heterocycles. The van der Waals surface area contributed by atoms with Gasteiger partial charge in [-0.1, -0.05) is 15.9 Å². The lowest BCUT2D eigenvalue weighted by Gasteiger charge is -2.34. The average molecular weight is 472 g/mol. The number of sulfonamides is 1. The molecule has 4 nitrogen and oxygen atoms in total. The van der Waals surface area contributed by atoms with E-state index in [1.54, 1.807) is 0 Å². The molecule has 1 aromatic carbocycles. The first-order chi connectivity index (χ1) is 12.7. The predicted molar refractivity (Wildman–Crippen MR) is 101 cm³/mol. The first-order valence-corrected chi connectivity index (χ1v) is 11.5. The fraction of sp³-hybridized carbons (Fsp3) is 0.667. The molecule has 0 N–H and O–H groups in total. The first-order valence-electron chi connectivity index (χ1n) is 8.95. The van der Waals surface area contributed by atoms with Crippen molar-refractivity contribution in [2.45, 2.75) is 49.2 Å². The number of alkyl halides is 4.